The second-order valence-corrected chi connectivity index (χ2v) is 0.540. The van der Waals surface area contributed by atoms with E-state index in [2.05, 4.69) is 11.7 Å². The van der Waals surface area contributed by atoms with Crippen LogP contribution < -0.4 is 11.7 Å². The van der Waals surface area contributed by atoms with Gasteiger partial charge in [-0.3, -0.25) is 21.8 Å². The van der Waals surface area contributed by atoms with Crippen molar-refractivity contribution in [3.05, 3.63) is 10.1 Å². The summed E-state index contributed by atoms with van der Waals surface area (Å²) < 4.78 is 0. The summed E-state index contributed by atoms with van der Waals surface area (Å²) in [4.78, 5) is 16.5. The molecule has 7 heteroatoms. The third-order valence-electron chi connectivity index (χ3n) is 0.156. The van der Waals surface area contributed by atoms with E-state index in [-0.39, 0.29) is 0 Å². The zero-order valence-electron chi connectivity index (χ0n) is 3.77. The van der Waals surface area contributed by atoms with Crippen LogP contribution in [-0.4, -0.2) is 16.1 Å². The predicted molar refractivity (Wildman–Crippen MR) is 23.4 cm³/mol. The van der Waals surface area contributed by atoms with Crippen molar-refractivity contribution in [1.29, 1.82) is 0 Å². The molecule has 0 fully saturated rings. The summed E-state index contributed by atoms with van der Waals surface area (Å²) in [5.74, 6) is 8.00. The standard InChI is InChI=1S/CHNO4.H4N2/c3-1(4)2(5)6;1-2/h(H,3,4);1-2H2. The molecule has 0 rings (SSSR count). The third-order valence-corrected chi connectivity index (χ3v) is 0.156. The van der Waals surface area contributed by atoms with Crippen LogP contribution in [0.25, 0.3) is 0 Å². The zero-order valence-corrected chi connectivity index (χ0v) is 3.77. The first-order chi connectivity index (χ1) is 3.64. The van der Waals surface area contributed by atoms with E-state index in [0.29, 0.717) is 0 Å². The van der Waals surface area contributed by atoms with Crippen LogP contribution in [0.5, 0.6) is 0 Å². The lowest BCUT2D eigenvalue weighted by atomic mass is 11.3. The van der Waals surface area contributed by atoms with E-state index < -0.39 is 11.0 Å². The van der Waals surface area contributed by atoms with Gasteiger partial charge in [-0.1, -0.05) is 0 Å². The predicted octanol–water partition coefficient (Wildman–Crippen LogP) is -1.24. The number of hydrazine groups is 1. The molecule has 0 bridgehead atoms. The minimum absolute atomic E-state index is 1.42. The van der Waals surface area contributed by atoms with Gasteiger partial charge in [-0.2, -0.15) is 4.79 Å². The van der Waals surface area contributed by atoms with Gasteiger partial charge in [-0.25, -0.2) is 0 Å². The molecule has 8 heavy (non-hydrogen) atoms. The number of nitrogens with zero attached hydrogens (tertiary/aromatic N) is 1. The van der Waals surface area contributed by atoms with Gasteiger partial charge in [-0.05, 0) is 0 Å². The van der Waals surface area contributed by atoms with Crippen LogP contribution in [0, 0.1) is 10.1 Å². The maximum atomic E-state index is 9.00. The lowest BCUT2D eigenvalue weighted by molar-refractivity contribution is -0.392. The molecular formula is CH5N3O4. The molecule has 0 aliphatic carbocycles. The average molecular weight is 123 g/mol. The Hall–Kier alpha value is -1.21. The maximum Gasteiger partial charge on any atom is 0.654 e. The van der Waals surface area contributed by atoms with Crippen molar-refractivity contribution in [2.75, 3.05) is 0 Å². The number of amides is 1. The van der Waals surface area contributed by atoms with Gasteiger partial charge in [0.15, 0.2) is 0 Å². The van der Waals surface area contributed by atoms with Crippen molar-refractivity contribution in [2.24, 2.45) is 11.7 Å². The largest absolute Gasteiger partial charge is 0.654 e. The van der Waals surface area contributed by atoms with Crippen molar-refractivity contribution in [3.8, 4) is 0 Å². The van der Waals surface area contributed by atoms with Gasteiger partial charge in [0, 0.05) is 0 Å². The number of carbonyl (C=O) groups is 1. The molecule has 5 N–H and O–H groups in total. The van der Waals surface area contributed by atoms with Gasteiger partial charge in [0.1, 0.15) is 4.92 Å². The van der Waals surface area contributed by atoms with E-state index in [1.807, 2.05) is 0 Å². The van der Waals surface area contributed by atoms with Crippen LogP contribution in [0.4, 0.5) is 4.79 Å². The molecule has 0 saturated carbocycles. The molecule has 48 valence electrons. The van der Waals surface area contributed by atoms with E-state index in [1.54, 1.807) is 0 Å². The highest BCUT2D eigenvalue weighted by molar-refractivity contribution is 5.54. The normalized spacial score (nSPS) is 6.25. The van der Waals surface area contributed by atoms with Crippen molar-refractivity contribution < 1.29 is 14.8 Å². The van der Waals surface area contributed by atoms with E-state index in [4.69, 9.17) is 20.0 Å². The number of rotatable bonds is 0. The number of hydrogen-bond donors (Lipinski definition) is 3. The van der Waals surface area contributed by atoms with E-state index in [1.165, 1.54) is 0 Å². The van der Waals surface area contributed by atoms with Crippen LogP contribution in [-0.2, 0) is 0 Å². The summed E-state index contributed by atoms with van der Waals surface area (Å²) in [7, 11) is 0. The Morgan fingerprint density at radius 3 is 1.75 bits per heavy atom. The van der Waals surface area contributed by atoms with E-state index in [9.17, 15) is 0 Å². The van der Waals surface area contributed by atoms with Crippen molar-refractivity contribution in [2.45, 2.75) is 0 Å². The Bertz CT molecular complexity index is 77.3. The lowest BCUT2D eigenvalue weighted by Gasteiger charge is -1.70. The van der Waals surface area contributed by atoms with Crippen LogP contribution in [0.3, 0.4) is 0 Å². The molecular weight excluding hydrogens is 118 g/mol. The molecule has 0 saturated heterocycles. The number of nitro groups is 1. The molecule has 1 amide bonds. The quantitative estimate of drug-likeness (QED) is 0.209. The monoisotopic (exact) mass is 123 g/mol. The lowest BCUT2D eigenvalue weighted by Crippen LogP contribution is -2.05. The maximum absolute atomic E-state index is 9.00. The summed E-state index contributed by atoms with van der Waals surface area (Å²) in [6.07, 6.45) is -2.02. The highest BCUT2D eigenvalue weighted by Crippen LogP contribution is 1.64. The van der Waals surface area contributed by atoms with Crippen molar-refractivity contribution in [3.63, 3.8) is 0 Å². The highest BCUT2D eigenvalue weighted by Gasteiger charge is 2.07. The number of hydrogen-bond acceptors (Lipinski definition) is 5. The van der Waals surface area contributed by atoms with E-state index >= 15 is 0 Å². The Labute approximate surface area is 44.0 Å². The van der Waals surface area contributed by atoms with Gasteiger partial charge in [0.2, 0.25) is 0 Å². The minimum Gasteiger partial charge on any atom is -0.423 e. The molecule has 0 aromatic carbocycles. The molecule has 0 aliphatic rings. The highest BCUT2D eigenvalue weighted by atomic mass is 16.7. The molecule has 0 heterocycles. The fraction of sp³-hybridized carbons (Fsp3) is 0. The van der Waals surface area contributed by atoms with Gasteiger partial charge in [0.25, 0.3) is 0 Å². The van der Waals surface area contributed by atoms with Crippen LogP contribution in [0.15, 0.2) is 0 Å². The SMILES string of the molecule is NN.O=C(O)[N+](=O)[O-]. The number of carboxylic acid groups (broad SMARTS) is 1. The first-order valence-electron chi connectivity index (χ1n) is 1.35. The van der Waals surface area contributed by atoms with Crippen molar-refractivity contribution in [1.82, 2.24) is 0 Å². The number of nitrogens with two attached hydrogens (primary N) is 2. The van der Waals surface area contributed by atoms with Crippen LogP contribution in [0.1, 0.15) is 0 Å². The third kappa shape index (κ3) is 8.84. The van der Waals surface area contributed by atoms with Gasteiger partial charge in [-0.15, -0.1) is 0 Å². The molecule has 0 aromatic rings. The molecule has 7 nitrogen and oxygen atoms in total. The fourth-order valence-corrected chi connectivity index (χ4v) is 0. The van der Waals surface area contributed by atoms with Crippen LogP contribution in [0.2, 0.25) is 0 Å². The first-order valence-corrected chi connectivity index (χ1v) is 1.35. The summed E-state index contributed by atoms with van der Waals surface area (Å²) >= 11 is 0. The van der Waals surface area contributed by atoms with Crippen molar-refractivity contribution >= 4 is 6.09 Å². The molecule has 0 unspecified atom stereocenters. The first kappa shape index (κ1) is 9.92. The molecule has 0 aromatic heterocycles. The molecule has 0 aliphatic heterocycles. The summed E-state index contributed by atoms with van der Waals surface area (Å²) in [6, 6.07) is 0. The Morgan fingerprint density at radius 2 is 1.75 bits per heavy atom. The molecule has 0 radical (unpaired) electrons. The Morgan fingerprint density at radius 1 is 1.62 bits per heavy atom. The average Bonchev–Trinajstić information content (AvgIpc) is 1.72. The van der Waals surface area contributed by atoms with Gasteiger partial charge in [0.05, 0.1) is 0 Å². The summed E-state index contributed by atoms with van der Waals surface area (Å²) in [5.41, 5.74) is 0. The zero-order chi connectivity index (χ0) is 7.15. The molecule has 0 atom stereocenters. The fourth-order valence-electron chi connectivity index (χ4n) is 0. The minimum atomic E-state index is -2.02. The second kappa shape index (κ2) is 5.79. The smallest absolute Gasteiger partial charge is 0.423 e. The van der Waals surface area contributed by atoms with Crippen LogP contribution >= 0.6 is 0 Å². The topological polar surface area (TPSA) is 132 Å². The second-order valence-electron chi connectivity index (χ2n) is 0.540. The Kier molecular flexibility index (Phi) is 7.18. The Balaban J connectivity index is 0. The van der Waals surface area contributed by atoms with Gasteiger partial charge >= 0.3 is 6.09 Å². The summed E-state index contributed by atoms with van der Waals surface area (Å²) in [5, 5.41) is 16.2. The molecule has 0 spiro atoms. The van der Waals surface area contributed by atoms with E-state index in [0.717, 1.165) is 0 Å². The van der Waals surface area contributed by atoms with Gasteiger partial charge < -0.3 is 5.11 Å². The summed E-state index contributed by atoms with van der Waals surface area (Å²) in [6.45, 7) is 0.